The molecule has 2 aromatic carbocycles. The average Bonchev–Trinajstić information content (AvgIpc) is 2.45. The summed E-state index contributed by atoms with van der Waals surface area (Å²) in [5.41, 5.74) is 0.287. The molecule has 0 radical (unpaired) electrons. The second-order valence-electron chi connectivity index (χ2n) is 4.54. The molecular formula is C16H14F2O3. The van der Waals surface area contributed by atoms with Crippen molar-refractivity contribution in [2.45, 2.75) is 13.0 Å². The van der Waals surface area contributed by atoms with Crippen molar-refractivity contribution in [1.29, 1.82) is 0 Å². The van der Waals surface area contributed by atoms with Gasteiger partial charge in [0.05, 0.1) is 5.56 Å². The minimum absolute atomic E-state index is 0.0258. The normalized spacial score (nSPS) is 12.0. The molecule has 0 spiro atoms. The van der Waals surface area contributed by atoms with Gasteiger partial charge in [0.2, 0.25) is 0 Å². The number of hydrogen-bond donors (Lipinski definition) is 1. The highest BCUT2D eigenvalue weighted by Gasteiger charge is 2.15. The number of aliphatic hydroxyl groups is 1. The molecule has 1 N–H and O–H groups in total. The van der Waals surface area contributed by atoms with Gasteiger partial charge in [-0.3, -0.25) is 4.79 Å². The molecule has 0 fully saturated rings. The van der Waals surface area contributed by atoms with Gasteiger partial charge in [0, 0.05) is 11.6 Å². The average molecular weight is 292 g/mol. The Kier molecular flexibility index (Phi) is 4.65. The van der Waals surface area contributed by atoms with Crippen LogP contribution in [0, 0.1) is 11.6 Å². The van der Waals surface area contributed by atoms with Crippen LogP contribution in [0.15, 0.2) is 42.5 Å². The molecule has 21 heavy (non-hydrogen) atoms. The van der Waals surface area contributed by atoms with Crippen LogP contribution >= 0.6 is 0 Å². The number of rotatable bonds is 5. The summed E-state index contributed by atoms with van der Waals surface area (Å²) in [5, 5.41) is 9.92. The fourth-order valence-corrected chi connectivity index (χ4v) is 1.91. The lowest BCUT2D eigenvalue weighted by Crippen LogP contribution is -2.12. The summed E-state index contributed by atoms with van der Waals surface area (Å²) < 4.78 is 32.0. The van der Waals surface area contributed by atoms with Crippen molar-refractivity contribution in [2.75, 3.05) is 6.61 Å². The molecule has 0 aliphatic heterocycles. The van der Waals surface area contributed by atoms with Gasteiger partial charge in [-0.15, -0.1) is 0 Å². The van der Waals surface area contributed by atoms with Crippen LogP contribution in [0.2, 0.25) is 0 Å². The monoisotopic (exact) mass is 292 g/mol. The second-order valence-corrected chi connectivity index (χ2v) is 4.54. The molecule has 3 nitrogen and oxygen atoms in total. The van der Waals surface area contributed by atoms with Crippen LogP contribution in [-0.4, -0.2) is 17.5 Å². The summed E-state index contributed by atoms with van der Waals surface area (Å²) >= 11 is 0. The van der Waals surface area contributed by atoms with E-state index in [4.69, 9.17) is 4.74 Å². The van der Waals surface area contributed by atoms with E-state index in [0.29, 0.717) is 0 Å². The van der Waals surface area contributed by atoms with Crippen molar-refractivity contribution in [3.05, 3.63) is 65.2 Å². The van der Waals surface area contributed by atoms with Gasteiger partial charge < -0.3 is 9.84 Å². The number of halogens is 2. The van der Waals surface area contributed by atoms with Crippen molar-refractivity contribution in [2.24, 2.45) is 0 Å². The van der Waals surface area contributed by atoms with Crippen molar-refractivity contribution in [3.63, 3.8) is 0 Å². The zero-order chi connectivity index (χ0) is 15.4. The van der Waals surface area contributed by atoms with Crippen LogP contribution < -0.4 is 4.74 Å². The zero-order valence-electron chi connectivity index (χ0n) is 11.3. The van der Waals surface area contributed by atoms with Crippen LogP contribution in [0.25, 0.3) is 0 Å². The van der Waals surface area contributed by atoms with E-state index >= 15 is 0 Å². The number of benzene rings is 2. The van der Waals surface area contributed by atoms with Crippen LogP contribution in [0.4, 0.5) is 8.78 Å². The highest BCUT2D eigenvalue weighted by atomic mass is 19.1. The standard InChI is InChI=1S/C16H14F2O3/c1-10(19)12-7-6-11(17)8-16(12)21-9-15(20)13-4-2-3-5-14(13)18/h2-8,15,20H,9H2,1H3. The highest BCUT2D eigenvalue weighted by Crippen LogP contribution is 2.23. The Bertz CT molecular complexity index is 656. The minimum Gasteiger partial charge on any atom is -0.490 e. The van der Waals surface area contributed by atoms with Gasteiger partial charge in [-0.1, -0.05) is 18.2 Å². The van der Waals surface area contributed by atoms with E-state index < -0.39 is 17.7 Å². The molecule has 0 aliphatic carbocycles. The van der Waals surface area contributed by atoms with Gasteiger partial charge in [-0.2, -0.15) is 0 Å². The maximum absolute atomic E-state index is 13.5. The van der Waals surface area contributed by atoms with E-state index in [1.165, 1.54) is 31.2 Å². The zero-order valence-corrected chi connectivity index (χ0v) is 11.3. The third-order valence-corrected chi connectivity index (χ3v) is 2.98. The first-order chi connectivity index (χ1) is 9.99. The summed E-state index contributed by atoms with van der Waals surface area (Å²) in [7, 11) is 0. The van der Waals surface area contributed by atoms with E-state index in [9.17, 15) is 18.7 Å². The quantitative estimate of drug-likeness (QED) is 0.860. The van der Waals surface area contributed by atoms with Crippen molar-refractivity contribution in [3.8, 4) is 5.75 Å². The van der Waals surface area contributed by atoms with Gasteiger partial charge in [0.25, 0.3) is 0 Å². The minimum atomic E-state index is -1.21. The summed E-state index contributed by atoms with van der Waals surface area (Å²) in [6.07, 6.45) is -1.21. The molecule has 2 rings (SSSR count). The first kappa shape index (κ1) is 15.1. The summed E-state index contributed by atoms with van der Waals surface area (Å²) in [6, 6.07) is 9.27. The van der Waals surface area contributed by atoms with E-state index in [1.54, 1.807) is 6.07 Å². The lowest BCUT2D eigenvalue weighted by molar-refractivity contribution is 0.0967. The van der Waals surface area contributed by atoms with E-state index in [1.807, 2.05) is 0 Å². The number of hydrogen-bond acceptors (Lipinski definition) is 3. The van der Waals surface area contributed by atoms with Gasteiger partial charge in [0.15, 0.2) is 5.78 Å². The van der Waals surface area contributed by atoms with Crippen LogP contribution in [0.1, 0.15) is 28.9 Å². The SMILES string of the molecule is CC(=O)c1ccc(F)cc1OCC(O)c1ccccc1F. The number of Topliss-reactive ketones (excluding diaryl/α,β-unsaturated/α-hetero) is 1. The number of ether oxygens (including phenoxy) is 1. The maximum Gasteiger partial charge on any atom is 0.163 e. The fourth-order valence-electron chi connectivity index (χ4n) is 1.91. The van der Waals surface area contributed by atoms with Gasteiger partial charge in [0.1, 0.15) is 30.1 Å². The Hall–Kier alpha value is -2.27. The molecule has 1 atom stereocenters. The second kappa shape index (κ2) is 6.45. The van der Waals surface area contributed by atoms with Crippen LogP contribution in [-0.2, 0) is 0 Å². The summed E-state index contributed by atoms with van der Waals surface area (Å²) in [5.74, 6) is -1.38. The van der Waals surface area contributed by atoms with Crippen molar-refractivity contribution >= 4 is 5.78 Å². The summed E-state index contributed by atoms with van der Waals surface area (Å²) in [4.78, 5) is 11.4. The Morgan fingerprint density at radius 1 is 1.24 bits per heavy atom. The molecular weight excluding hydrogens is 278 g/mol. The van der Waals surface area contributed by atoms with Crippen molar-refractivity contribution < 1.29 is 23.4 Å². The van der Waals surface area contributed by atoms with Gasteiger partial charge in [-0.05, 0) is 25.1 Å². The highest BCUT2D eigenvalue weighted by molar-refractivity contribution is 5.96. The van der Waals surface area contributed by atoms with Crippen LogP contribution in [0.5, 0.6) is 5.75 Å². The topological polar surface area (TPSA) is 46.5 Å². The Labute approximate surface area is 120 Å². The first-order valence-electron chi connectivity index (χ1n) is 6.35. The van der Waals surface area contributed by atoms with Crippen molar-refractivity contribution in [1.82, 2.24) is 0 Å². The predicted molar refractivity (Wildman–Crippen MR) is 73.3 cm³/mol. The summed E-state index contributed by atoms with van der Waals surface area (Å²) in [6.45, 7) is 1.04. The Balaban J connectivity index is 2.15. The number of carbonyl (C=O) groups is 1. The van der Waals surface area contributed by atoms with E-state index in [0.717, 1.165) is 12.1 Å². The Morgan fingerprint density at radius 3 is 2.62 bits per heavy atom. The molecule has 0 saturated heterocycles. The first-order valence-corrected chi connectivity index (χ1v) is 6.35. The fraction of sp³-hybridized carbons (Fsp3) is 0.188. The van der Waals surface area contributed by atoms with E-state index in [-0.39, 0.29) is 29.3 Å². The van der Waals surface area contributed by atoms with Crippen LogP contribution in [0.3, 0.4) is 0 Å². The molecule has 0 aromatic heterocycles. The molecule has 1 unspecified atom stereocenters. The lowest BCUT2D eigenvalue weighted by atomic mass is 10.1. The molecule has 0 heterocycles. The molecule has 0 aliphatic rings. The van der Waals surface area contributed by atoms with Gasteiger partial charge >= 0.3 is 0 Å². The van der Waals surface area contributed by atoms with Gasteiger partial charge in [-0.25, -0.2) is 8.78 Å². The number of aliphatic hydroxyl groups excluding tert-OH is 1. The predicted octanol–water partition coefficient (Wildman–Crippen LogP) is 3.28. The number of carbonyl (C=O) groups excluding carboxylic acids is 1. The maximum atomic E-state index is 13.5. The molecule has 2 aromatic rings. The molecule has 0 amide bonds. The molecule has 5 heteroatoms. The number of ketones is 1. The Morgan fingerprint density at radius 2 is 1.95 bits per heavy atom. The van der Waals surface area contributed by atoms with E-state index in [2.05, 4.69) is 0 Å². The molecule has 0 bridgehead atoms. The largest absolute Gasteiger partial charge is 0.490 e. The smallest absolute Gasteiger partial charge is 0.163 e. The molecule has 110 valence electrons. The molecule has 0 saturated carbocycles. The third-order valence-electron chi connectivity index (χ3n) is 2.98. The third kappa shape index (κ3) is 3.64. The lowest BCUT2D eigenvalue weighted by Gasteiger charge is -2.15.